The number of likely N-dealkylation sites (tertiary alicyclic amines) is 1. The lowest BCUT2D eigenvalue weighted by molar-refractivity contribution is -0.129. The van der Waals surface area contributed by atoms with Gasteiger partial charge in [-0.1, -0.05) is 35.9 Å². The first kappa shape index (κ1) is 16.6. The van der Waals surface area contributed by atoms with Gasteiger partial charge in [0.15, 0.2) is 0 Å². The smallest absolute Gasteiger partial charge is 0.255 e. The lowest BCUT2D eigenvalue weighted by atomic mass is 10.1. The van der Waals surface area contributed by atoms with Crippen molar-refractivity contribution in [1.29, 1.82) is 0 Å². The van der Waals surface area contributed by atoms with Crippen LogP contribution in [0.25, 0.3) is 0 Å². The zero-order valence-corrected chi connectivity index (χ0v) is 14.7. The number of aryl methyl sites for hydroxylation is 2. The molecule has 134 valence electrons. The number of benzene rings is 2. The normalized spacial score (nSPS) is 21.7. The number of phenolic OH excluding ortho intramolecular Hbond substituents is 1. The quantitative estimate of drug-likeness (QED) is 0.894. The maximum atomic E-state index is 12.5. The summed E-state index contributed by atoms with van der Waals surface area (Å²) in [6.45, 7) is 2.38. The molecule has 2 N–H and O–H groups in total. The fraction of sp³-hybridized carbons (Fsp3) is 0.333. The van der Waals surface area contributed by atoms with Crippen LogP contribution in [0.15, 0.2) is 42.5 Å². The number of carbonyl (C=O) groups is 2. The summed E-state index contributed by atoms with van der Waals surface area (Å²) in [6.07, 6.45) is 2.22. The highest BCUT2D eigenvalue weighted by molar-refractivity contribution is 5.97. The van der Waals surface area contributed by atoms with Crippen LogP contribution in [0.4, 0.5) is 0 Å². The molecule has 1 unspecified atom stereocenters. The van der Waals surface area contributed by atoms with Crippen LogP contribution in [0.2, 0.25) is 0 Å². The van der Waals surface area contributed by atoms with Crippen LogP contribution >= 0.6 is 0 Å². The molecule has 5 heteroatoms. The summed E-state index contributed by atoms with van der Waals surface area (Å²) in [5.74, 6) is -0.304. The van der Waals surface area contributed by atoms with Crippen molar-refractivity contribution >= 4 is 11.8 Å². The first-order chi connectivity index (χ1) is 12.5. The Morgan fingerprint density at radius 2 is 2.04 bits per heavy atom. The molecule has 0 radical (unpaired) electrons. The van der Waals surface area contributed by atoms with Crippen molar-refractivity contribution in [2.75, 3.05) is 6.54 Å². The zero-order valence-electron chi connectivity index (χ0n) is 14.7. The van der Waals surface area contributed by atoms with E-state index in [2.05, 4.69) is 17.4 Å². The van der Waals surface area contributed by atoms with Gasteiger partial charge in [0.1, 0.15) is 5.75 Å². The molecule has 26 heavy (non-hydrogen) atoms. The van der Waals surface area contributed by atoms with Crippen molar-refractivity contribution in [3.8, 4) is 5.75 Å². The number of amides is 2. The molecular weight excluding hydrogens is 328 g/mol. The number of hydrogen-bond acceptors (Lipinski definition) is 3. The van der Waals surface area contributed by atoms with Crippen molar-refractivity contribution in [3.05, 3.63) is 64.7 Å². The highest BCUT2D eigenvalue weighted by Crippen LogP contribution is 2.37. The summed E-state index contributed by atoms with van der Waals surface area (Å²) in [4.78, 5) is 26.9. The topological polar surface area (TPSA) is 69.6 Å². The van der Waals surface area contributed by atoms with E-state index in [1.807, 2.05) is 24.0 Å². The van der Waals surface area contributed by atoms with Crippen LogP contribution in [-0.4, -0.2) is 34.4 Å². The molecule has 1 heterocycles. The second kappa shape index (κ2) is 6.48. The summed E-state index contributed by atoms with van der Waals surface area (Å²) < 4.78 is 0. The van der Waals surface area contributed by atoms with Gasteiger partial charge in [-0.05, 0) is 43.0 Å². The number of fused-ring (bicyclic) bond motifs is 1. The first-order valence-electron chi connectivity index (χ1n) is 9.00. The van der Waals surface area contributed by atoms with Gasteiger partial charge in [-0.2, -0.15) is 0 Å². The highest BCUT2D eigenvalue weighted by Gasteiger charge is 2.38. The summed E-state index contributed by atoms with van der Waals surface area (Å²) in [5.41, 5.74) is 3.69. The predicted molar refractivity (Wildman–Crippen MR) is 97.9 cm³/mol. The minimum atomic E-state index is -0.335. The molecule has 1 saturated heterocycles. The van der Waals surface area contributed by atoms with Crippen molar-refractivity contribution in [2.45, 2.75) is 38.3 Å². The molecule has 2 amide bonds. The molecule has 0 spiro atoms. The largest absolute Gasteiger partial charge is 0.507 e. The number of aromatic hydroxyl groups is 1. The number of rotatable bonds is 3. The average Bonchev–Trinajstić information content (AvgIpc) is 3.20. The fourth-order valence-corrected chi connectivity index (χ4v) is 4.08. The van der Waals surface area contributed by atoms with E-state index < -0.39 is 0 Å². The summed E-state index contributed by atoms with van der Waals surface area (Å²) in [6, 6.07) is 13.1. The van der Waals surface area contributed by atoms with Crippen LogP contribution in [0.3, 0.4) is 0 Å². The van der Waals surface area contributed by atoms with Crippen LogP contribution in [-0.2, 0) is 11.2 Å². The van der Waals surface area contributed by atoms with E-state index in [4.69, 9.17) is 0 Å². The molecule has 2 aliphatic rings. The second-order valence-corrected chi connectivity index (χ2v) is 7.19. The fourth-order valence-electron chi connectivity index (χ4n) is 4.08. The van der Waals surface area contributed by atoms with Crippen molar-refractivity contribution in [2.24, 2.45) is 0 Å². The highest BCUT2D eigenvalue weighted by atomic mass is 16.3. The van der Waals surface area contributed by atoms with Gasteiger partial charge in [0, 0.05) is 13.0 Å². The number of hydrogen-bond donors (Lipinski definition) is 2. The summed E-state index contributed by atoms with van der Waals surface area (Å²) >= 11 is 0. The van der Waals surface area contributed by atoms with Gasteiger partial charge in [-0.15, -0.1) is 0 Å². The predicted octanol–water partition coefficient (Wildman–Crippen LogP) is 2.72. The summed E-state index contributed by atoms with van der Waals surface area (Å²) in [7, 11) is 0. The van der Waals surface area contributed by atoms with Crippen molar-refractivity contribution in [3.63, 3.8) is 0 Å². The molecule has 0 aromatic heterocycles. The van der Waals surface area contributed by atoms with Crippen molar-refractivity contribution in [1.82, 2.24) is 10.2 Å². The Morgan fingerprint density at radius 3 is 2.88 bits per heavy atom. The van der Waals surface area contributed by atoms with Crippen molar-refractivity contribution < 1.29 is 14.7 Å². The number of nitrogens with one attached hydrogen (secondary N) is 1. The standard InChI is InChI=1S/C21H22N2O3/c1-13-6-9-19(24)17(10-13)21(26)22-15-11-20(25)23(12-15)18-8-7-14-4-2-3-5-16(14)18/h2-6,9-10,15,18,24H,7-8,11-12H2,1H3,(H,22,26)/t15-,18?/m0/s1. The van der Waals surface area contributed by atoms with E-state index in [0.717, 1.165) is 18.4 Å². The zero-order chi connectivity index (χ0) is 18.3. The lowest BCUT2D eigenvalue weighted by Gasteiger charge is -2.25. The molecule has 0 bridgehead atoms. The van der Waals surface area contributed by atoms with Crippen LogP contribution in [0.5, 0.6) is 5.75 Å². The monoisotopic (exact) mass is 350 g/mol. The van der Waals surface area contributed by atoms with Crippen LogP contribution in [0.1, 0.15) is 45.9 Å². The third kappa shape index (κ3) is 2.94. The van der Waals surface area contributed by atoms with E-state index in [1.54, 1.807) is 12.1 Å². The first-order valence-corrected chi connectivity index (χ1v) is 9.00. The molecule has 1 aliphatic carbocycles. The maximum absolute atomic E-state index is 12.5. The van der Waals surface area contributed by atoms with E-state index in [-0.39, 0.29) is 35.2 Å². The summed E-state index contributed by atoms with van der Waals surface area (Å²) in [5, 5.41) is 12.8. The number of nitrogens with zero attached hydrogens (tertiary/aromatic N) is 1. The Labute approximate surface area is 152 Å². The minimum absolute atomic E-state index is 0.0426. The molecule has 2 atom stereocenters. The molecule has 2 aromatic rings. The van der Waals surface area contributed by atoms with Crippen LogP contribution < -0.4 is 5.32 Å². The molecule has 0 saturated carbocycles. The SMILES string of the molecule is Cc1ccc(O)c(C(=O)N[C@H]2CC(=O)N(C3CCc4ccccc43)C2)c1. The van der Waals surface area contributed by atoms with Gasteiger partial charge in [0.25, 0.3) is 5.91 Å². The average molecular weight is 350 g/mol. The lowest BCUT2D eigenvalue weighted by Crippen LogP contribution is -2.37. The molecule has 2 aromatic carbocycles. The van der Waals surface area contributed by atoms with Gasteiger partial charge in [0.05, 0.1) is 17.6 Å². The second-order valence-electron chi connectivity index (χ2n) is 7.19. The Bertz CT molecular complexity index is 877. The molecule has 4 rings (SSSR count). The Hall–Kier alpha value is -2.82. The van der Waals surface area contributed by atoms with E-state index in [1.165, 1.54) is 17.2 Å². The van der Waals surface area contributed by atoms with Gasteiger partial charge >= 0.3 is 0 Å². The van der Waals surface area contributed by atoms with Gasteiger partial charge in [-0.3, -0.25) is 9.59 Å². The van der Waals surface area contributed by atoms with Gasteiger partial charge in [0.2, 0.25) is 5.91 Å². The van der Waals surface area contributed by atoms with Crippen LogP contribution in [0, 0.1) is 6.92 Å². The Morgan fingerprint density at radius 1 is 1.23 bits per heavy atom. The van der Waals surface area contributed by atoms with E-state index in [9.17, 15) is 14.7 Å². The van der Waals surface area contributed by atoms with E-state index >= 15 is 0 Å². The number of phenols is 1. The number of carbonyl (C=O) groups excluding carboxylic acids is 2. The third-order valence-electron chi connectivity index (χ3n) is 5.37. The Balaban J connectivity index is 1.47. The molecule has 5 nitrogen and oxygen atoms in total. The molecule has 1 aliphatic heterocycles. The third-order valence-corrected chi connectivity index (χ3v) is 5.37. The van der Waals surface area contributed by atoms with Gasteiger partial charge in [-0.25, -0.2) is 0 Å². The maximum Gasteiger partial charge on any atom is 0.255 e. The van der Waals surface area contributed by atoms with Gasteiger partial charge < -0.3 is 15.3 Å². The van der Waals surface area contributed by atoms with E-state index in [0.29, 0.717) is 13.0 Å². The molecule has 1 fully saturated rings. The minimum Gasteiger partial charge on any atom is -0.507 e. The Kier molecular flexibility index (Phi) is 4.15. The molecular formula is C21H22N2O3.